The average Bonchev–Trinajstić information content (AvgIpc) is 2.85. The Morgan fingerprint density at radius 2 is 1.82 bits per heavy atom. The maximum Gasteiger partial charge on any atom is 0.220 e. The van der Waals surface area contributed by atoms with E-state index in [1.165, 1.54) is 31.2 Å². The van der Waals surface area contributed by atoms with Gasteiger partial charge in [-0.3, -0.25) is 4.79 Å². The maximum absolute atomic E-state index is 12.3. The molecule has 2 bridgehead atoms. The van der Waals surface area contributed by atoms with Gasteiger partial charge in [0.25, 0.3) is 0 Å². The van der Waals surface area contributed by atoms with E-state index in [1.807, 2.05) is 6.07 Å². The summed E-state index contributed by atoms with van der Waals surface area (Å²) in [5.41, 5.74) is 1.25. The third kappa shape index (κ3) is 3.70. The number of hydrogen-bond acceptors (Lipinski definition) is 2. The number of benzene rings is 1. The van der Waals surface area contributed by atoms with Gasteiger partial charge < -0.3 is 10.6 Å². The number of rotatable bonds is 5. The highest BCUT2D eigenvalue weighted by Gasteiger charge is 2.34. The Morgan fingerprint density at radius 3 is 2.45 bits per heavy atom. The van der Waals surface area contributed by atoms with Crippen LogP contribution in [-0.2, 0) is 10.2 Å². The first-order valence-electron chi connectivity index (χ1n) is 8.61. The zero-order chi connectivity index (χ0) is 15.6. The van der Waals surface area contributed by atoms with E-state index in [-0.39, 0.29) is 11.3 Å². The van der Waals surface area contributed by atoms with Crippen LogP contribution in [0.25, 0.3) is 0 Å². The van der Waals surface area contributed by atoms with Gasteiger partial charge >= 0.3 is 0 Å². The number of amides is 1. The molecule has 1 amide bonds. The summed E-state index contributed by atoms with van der Waals surface area (Å²) in [5.74, 6) is 0.786. The molecule has 2 fully saturated rings. The first-order valence-corrected chi connectivity index (χ1v) is 8.61. The van der Waals surface area contributed by atoms with E-state index in [0.717, 1.165) is 0 Å². The van der Waals surface area contributed by atoms with Crippen molar-refractivity contribution in [1.82, 2.24) is 10.6 Å². The summed E-state index contributed by atoms with van der Waals surface area (Å²) in [6.07, 6.45) is 5.63. The standard InChI is InChI=1S/C19H28N2O/c1-19(2,15-6-4-3-5-7-15)13-20-18(22)12-14-10-16-8-9-17(11-14)21-16/h3-7,14,16-17,21H,8-13H2,1-2H3,(H,20,22). The summed E-state index contributed by atoms with van der Waals surface area (Å²) >= 11 is 0. The molecule has 0 radical (unpaired) electrons. The number of hydrogen-bond donors (Lipinski definition) is 2. The van der Waals surface area contributed by atoms with Gasteiger partial charge in [0.15, 0.2) is 0 Å². The fourth-order valence-electron chi connectivity index (χ4n) is 3.99. The summed E-state index contributed by atoms with van der Waals surface area (Å²) in [7, 11) is 0. The smallest absolute Gasteiger partial charge is 0.220 e. The maximum atomic E-state index is 12.3. The van der Waals surface area contributed by atoms with Crippen LogP contribution in [0.2, 0.25) is 0 Å². The molecule has 3 heteroatoms. The zero-order valence-corrected chi connectivity index (χ0v) is 13.8. The van der Waals surface area contributed by atoms with Crippen molar-refractivity contribution >= 4 is 5.91 Å². The lowest BCUT2D eigenvalue weighted by Gasteiger charge is -2.29. The molecule has 2 aliphatic heterocycles. The van der Waals surface area contributed by atoms with Crippen LogP contribution in [0.4, 0.5) is 0 Å². The molecule has 2 aliphatic rings. The first-order chi connectivity index (χ1) is 10.5. The minimum Gasteiger partial charge on any atom is -0.355 e. The lowest BCUT2D eigenvalue weighted by atomic mass is 9.84. The molecule has 2 unspecified atom stereocenters. The van der Waals surface area contributed by atoms with Crippen molar-refractivity contribution < 1.29 is 4.79 Å². The predicted octanol–water partition coefficient (Wildman–Crippen LogP) is 3.00. The quantitative estimate of drug-likeness (QED) is 0.877. The number of piperidine rings is 1. The van der Waals surface area contributed by atoms with E-state index in [1.54, 1.807) is 0 Å². The van der Waals surface area contributed by atoms with Gasteiger partial charge in [0.05, 0.1) is 0 Å². The number of nitrogens with one attached hydrogen (secondary N) is 2. The van der Waals surface area contributed by atoms with Crippen LogP contribution in [0.15, 0.2) is 30.3 Å². The van der Waals surface area contributed by atoms with Crippen LogP contribution in [0.5, 0.6) is 0 Å². The average molecular weight is 300 g/mol. The Bertz CT molecular complexity index is 499. The molecule has 3 rings (SSSR count). The summed E-state index contributed by atoms with van der Waals surface area (Å²) in [6.45, 7) is 5.08. The molecule has 2 N–H and O–H groups in total. The largest absolute Gasteiger partial charge is 0.355 e. The van der Waals surface area contributed by atoms with Gasteiger partial charge in [-0.05, 0) is 37.2 Å². The molecule has 2 heterocycles. The molecule has 0 aliphatic carbocycles. The van der Waals surface area contributed by atoms with Crippen molar-refractivity contribution in [3.63, 3.8) is 0 Å². The highest BCUT2D eigenvalue weighted by atomic mass is 16.1. The summed E-state index contributed by atoms with van der Waals surface area (Å²) in [4.78, 5) is 12.3. The van der Waals surface area contributed by atoms with Crippen LogP contribution in [0.3, 0.4) is 0 Å². The minimum absolute atomic E-state index is 0.0237. The molecule has 22 heavy (non-hydrogen) atoms. The third-order valence-corrected chi connectivity index (χ3v) is 5.33. The van der Waals surface area contributed by atoms with Crippen LogP contribution in [-0.4, -0.2) is 24.5 Å². The lowest BCUT2D eigenvalue weighted by Crippen LogP contribution is -2.41. The second-order valence-corrected chi connectivity index (χ2v) is 7.71. The normalized spacial score (nSPS) is 27.6. The molecule has 2 saturated heterocycles. The van der Waals surface area contributed by atoms with Gasteiger partial charge in [-0.2, -0.15) is 0 Å². The van der Waals surface area contributed by atoms with E-state index in [9.17, 15) is 4.79 Å². The molecule has 0 spiro atoms. The van der Waals surface area contributed by atoms with Gasteiger partial charge in [-0.25, -0.2) is 0 Å². The first kappa shape index (κ1) is 15.5. The molecular weight excluding hydrogens is 272 g/mol. The SMILES string of the molecule is CC(C)(CNC(=O)CC1CC2CCC(C1)N2)c1ccccc1. The van der Waals surface area contributed by atoms with Crippen molar-refractivity contribution in [2.24, 2.45) is 5.92 Å². The molecule has 0 aromatic heterocycles. The minimum atomic E-state index is -0.0237. The van der Waals surface area contributed by atoms with Gasteiger partial charge in [0, 0.05) is 30.5 Å². The molecule has 3 nitrogen and oxygen atoms in total. The van der Waals surface area contributed by atoms with Crippen molar-refractivity contribution in [2.75, 3.05) is 6.54 Å². The second kappa shape index (κ2) is 6.41. The summed E-state index contributed by atoms with van der Waals surface area (Å²) in [5, 5.41) is 6.80. The van der Waals surface area contributed by atoms with Gasteiger partial charge in [-0.1, -0.05) is 44.2 Å². The van der Waals surface area contributed by atoms with Crippen molar-refractivity contribution in [2.45, 2.75) is 63.5 Å². The molecule has 0 saturated carbocycles. The second-order valence-electron chi connectivity index (χ2n) is 7.71. The van der Waals surface area contributed by atoms with Gasteiger partial charge in [0.1, 0.15) is 0 Å². The number of fused-ring (bicyclic) bond motifs is 2. The van der Waals surface area contributed by atoms with Crippen molar-refractivity contribution in [3.05, 3.63) is 35.9 Å². The van der Waals surface area contributed by atoms with Gasteiger partial charge in [-0.15, -0.1) is 0 Å². The van der Waals surface area contributed by atoms with Crippen molar-refractivity contribution in [1.29, 1.82) is 0 Å². The highest BCUT2D eigenvalue weighted by molar-refractivity contribution is 5.76. The highest BCUT2D eigenvalue weighted by Crippen LogP contribution is 2.32. The zero-order valence-electron chi connectivity index (χ0n) is 13.8. The van der Waals surface area contributed by atoms with E-state index in [0.29, 0.717) is 31.0 Å². The predicted molar refractivity (Wildman–Crippen MR) is 89.8 cm³/mol. The Labute approximate surface area is 133 Å². The van der Waals surface area contributed by atoms with E-state index < -0.39 is 0 Å². The molecule has 120 valence electrons. The molecular formula is C19H28N2O. The lowest BCUT2D eigenvalue weighted by molar-refractivity contribution is -0.122. The van der Waals surface area contributed by atoms with Crippen molar-refractivity contribution in [3.8, 4) is 0 Å². The Hall–Kier alpha value is -1.35. The Morgan fingerprint density at radius 1 is 1.18 bits per heavy atom. The fraction of sp³-hybridized carbons (Fsp3) is 0.632. The Balaban J connectivity index is 1.48. The fourth-order valence-corrected chi connectivity index (χ4v) is 3.99. The van der Waals surface area contributed by atoms with E-state index in [2.05, 4.69) is 48.7 Å². The van der Waals surface area contributed by atoms with Crippen LogP contribution in [0, 0.1) is 5.92 Å². The van der Waals surface area contributed by atoms with E-state index in [4.69, 9.17) is 0 Å². The molecule has 1 aromatic rings. The Kier molecular flexibility index (Phi) is 4.53. The topological polar surface area (TPSA) is 41.1 Å². The third-order valence-electron chi connectivity index (χ3n) is 5.33. The van der Waals surface area contributed by atoms with Crippen LogP contribution >= 0.6 is 0 Å². The number of carbonyl (C=O) groups excluding carboxylic acids is 1. The number of carbonyl (C=O) groups is 1. The van der Waals surface area contributed by atoms with Crippen LogP contribution < -0.4 is 10.6 Å². The monoisotopic (exact) mass is 300 g/mol. The van der Waals surface area contributed by atoms with Crippen LogP contribution in [0.1, 0.15) is 51.5 Å². The molecule has 2 atom stereocenters. The molecule has 1 aromatic carbocycles. The summed E-state index contributed by atoms with van der Waals surface area (Å²) in [6, 6.07) is 11.7. The van der Waals surface area contributed by atoms with E-state index >= 15 is 0 Å². The summed E-state index contributed by atoms with van der Waals surface area (Å²) < 4.78 is 0. The van der Waals surface area contributed by atoms with Gasteiger partial charge in [0.2, 0.25) is 5.91 Å².